The summed E-state index contributed by atoms with van der Waals surface area (Å²) in [4.78, 5) is 24.5. The number of amides is 1. The van der Waals surface area contributed by atoms with Gasteiger partial charge in [-0.05, 0) is 26.3 Å². The minimum absolute atomic E-state index is 0.0125. The Morgan fingerprint density at radius 1 is 1.46 bits per heavy atom. The first kappa shape index (κ1) is 18.2. The molecule has 0 aliphatic carbocycles. The summed E-state index contributed by atoms with van der Waals surface area (Å²) in [5.41, 5.74) is -0.219. The molecule has 24 heavy (non-hydrogen) atoms. The number of likely N-dealkylation sites (N-methyl/N-ethyl adjacent to an activating group) is 1. The van der Waals surface area contributed by atoms with Crippen LogP contribution in [0.4, 0.5) is 5.69 Å². The number of ether oxygens (including phenoxy) is 1. The molecule has 0 aromatic heterocycles. The van der Waals surface area contributed by atoms with Crippen LogP contribution in [-0.2, 0) is 14.6 Å². The van der Waals surface area contributed by atoms with Crippen LogP contribution in [0, 0.1) is 10.1 Å². The smallest absolute Gasteiger partial charge is 0.310 e. The number of para-hydroxylation sites is 2. The van der Waals surface area contributed by atoms with E-state index in [9.17, 15) is 23.3 Å². The fourth-order valence-corrected chi connectivity index (χ4v) is 4.53. The quantitative estimate of drug-likeness (QED) is 0.563. The van der Waals surface area contributed by atoms with Crippen molar-refractivity contribution in [3.05, 3.63) is 34.4 Å². The SMILES string of the molecule is CCN(C(=O)[C@H](C)Oc1ccccc1[N+](=O)[O-])[C@@H]1CCS(=O)(=O)C1. The molecule has 0 bridgehead atoms. The van der Waals surface area contributed by atoms with Crippen molar-refractivity contribution in [1.29, 1.82) is 0 Å². The maximum Gasteiger partial charge on any atom is 0.310 e. The third-order valence-electron chi connectivity index (χ3n) is 3.99. The maximum atomic E-state index is 12.6. The van der Waals surface area contributed by atoms with Crippen molar-refractivity contribution < 1.29 is 22.9 Å². The van der Waals surface area contributed by atoms with E-state index < -0.39 is 20.9 Å². The van der Waals surface area contributed by atoms with Crippen LogP contribution in [0.1, 0.15) is 20.3 Å². The number of sulfone groups is 1. The first-order valence-electron chi connectivity index (χ1n) is 7.66. The average Bonchev–Trinajstić information content (AvgIpc) is 2.88. The van der Waals surface area contributed by atoms with Crippen LogP contribution >= 0.6 is 0 Å². The highest BCUT2D eigenvalue weighted by Gasteiger charge is 2.36. The molecule has 8 nitrogen and oxygen atoms in total. The summed E-state index contributed by atoms with van der Waals surface area (Å²) >= 11 is 0. The van der Waals surface area contributed by atoms with Gasteiger partial charge in [-0.3, -0.25) is 14.9 Å². The minimum Gasteiger partial charge on any atom is -0.474 e. The van der Waals surface area contributed by atoms with E-state index in [0.29, 0.717) is 13.0 Å². The molecular formula is C15H20N2O6S. The molecule has 1 aliphatic rings. The molecule has 0 saturated carbocycles. The van der Waals surface area contributed by atoms with Crippen LogP contribution in [0.5, 0.6) is 5.75 Å². The van der Waals surface area contributed by atoms with Gasteiger partial charge in [0.2, 0.25) is 0 Å². The van der Waals surface area contributed by atoms with Crippen LogP contribution in [0.15, 0.2) is 24.3 Å². The third kappa shape index (κ3) is 4.02. The van der Waals surface area contributed by atoms with Gasteiger partial charge in [-0.15, -0.1) is 0 Å². The first-order chi connectivity index (χ1) is 11.2. The van der Waals surface area contributed by atoms with Crippen LogP contribution in [0.2, 0.25) is 0 Å². The van der Waals surface area contributed by atoms with Crippen molar-refractivity contribution >= 4 is 21.4 Å². The molecule has 1 aromatic rings. The maximum absolute atomic E-state index is 12.6. The number of carbonyl (C=O) groups is 1. The van der Waals surface area contributed by atoms with E-state index in [1.54, 1.807) is 13.0 Å². The third-order valence-corrected chi connectivity index (χ3v) is 5.74. The molecule has 0 radical (unpaired) electrons. The van der Waals surface area contributed by atoms with E-state index >= 15 is 0 Å². The Bertz CT molecular complexity index is 733. The van der Waals surface area contributed by atoms with E-state index in [2.05, 4.69) is 0 Å². The lowest BCUT2D eigenvalue weighted by atomic mass is 10.2. The summed E-state index contributed by atoms with van der Waals surface area (Å²) in [6.07, 6.45) is -0.547. The molecule has 9 heteroatoms. The monoisotopic (exact) mass is 356 g/mol. The van der Waals surface area contributed by atoms with Gasteiger partial charge in [0.1, 0.15) is 0 Å². The molecule has 1 fully saturated rings. The second kappa shape index (κ2) is 7.16. The average molecular weight is 356 g/mol. The van der Waals surface area contributed by atoms with Gasteiger partial charge in [0.15, 0.2) is 21.7 Å². The Kier molecular flexibility index (Phi) is 5.43. The molecule has 0 unspecified atom stereocenters. The van der Waals surface area contributed by atoms with Crippen molar-refractivity contribution in [3.8, 4) is 5.75 Å². The number of carbonyl (C=O) groups excluding carboxylic acids is 1. The zero-order chi connectivity index (χ0) is 17.9. The second-order valence-electron chi connectivity index (χ2n) is 5.67. The number of nitrogens with zero attached hydrogens (tertiary/aromatic N) is 2. The lowest BCUT2D eigenvalue weighted by molar-refractivity contribution is -0.386. The number of nitro groups is 1. The number of rotatable bonds is 6. The highest BCUT2D eigenvalue weighted by molar-refractivity contribution is 7.91. The lowest BCUT2D eigenvalue weighted by Crippen LogP contribution is -2.46. The summed E-state index contributed by atoms with van der Waals surface area (Å²) in [5, 5.41) is 11.0. The fourth-order valence-electron chi connectivity index (χ4n) is 2.80. The molecule has 1 aliphatic heterocycles. The summed E-state index contributed by atoms with van der Waals surface area (Å²) < 4.78 is 28.7. The molecule has 1 saturated heterocycles. The van der Waals surface area contributed by atoms with E-state index in [1.807, 2.05) is 0 Å². The van der Waals surface area contributed by atoms with E-state index in [1.165, 1.54) is 30.0 Å². The van der Waals surface area contributed by atoms with Gasteiger partial charge in [0.25, 0.3) is 5.91 Å². The fraction of sp³-hybridized carbons (Fsp3) is 0.533. The molecule has 1 amide bonds. The minimum atomic E-state index is -3.11. The molecule has 2 atom stereocenters. The second-order valence-corrected chi connectivity index (χ2v) is 7.89. The predicted molar refractivity (Wildman–Crippen MR) is 87.6 cm³/mol. The van der Waals surface area contributed by atoms with Gasteiger partial charge < -0.3 is 9.64 Å². The van der Waals surface area contributed by atoms with Crippen molar-refractivity contribution in [2.24, 2.45) is 0 Å². The number of hydrogen-bond donors (Lipinski definition) is 0. The summed E-state index contributed by atoms with van der Waals surface area (Å²) in [6.45, 7) is 3.62. The van der Waals surface area contributed by atoms with Crippen molar-refractivity contribution in [2.45, 2.75) is 32.4 Å². The van der Waals surface area contributed by atoms with Gasteiger partial charge in [-0.25, -0.2) is 8.42 Å². The number of nitro benzene ring substituents is 1. The molecule has 1 heterocycles. The normalized spacial score (nSPS) is 20.3. The topological polar surface area (TPSA) is 107 Å². The van der Waals surface area contributed by atoms with Gasteiger partial charge in [0, 0.05) is 18.7 Å². The zero-order valence-electron chi connectivity index (χ0n) is 13.5. The van der Waals surface area contributed by atoms with E-state index in [0.717, 1.165) is 0 Å². The molecule has 132 valence electrons. The first-order valence-corrected chi connectivity index (χ1v) is 9.48. The predicted octanol–water partition coefficient (Wildman–Crippen LogP) is 1.40. The van der Waals surface area contributed by atoms with Crippen molar-refractivity contribution in [3.63, 3.8) is 0 Å². The summed E-state index contributed by atoms with van der Waals surface area (Å²) in [7, 11) is -3.11. The standard InChI is InChI=1S/C15H20N2O6S/c1-3-16(12-8-9-24(21,22)10-12)15(18)11(2)23-14-7-5-4-6-13(14)17(19)20/h4-7,11-12H,3,8-10H2,1-2H3/t11-,12+/m0/s1. The summed E-state index contributed by atoms with van der Waals surface area (Å²) in [5.74, 6) is -0.345. The summed E-state index contributed by atoms with van der Waals surface area (Å²) in [6, 6.07) is 5.45. The Morgan fingerprint density at radius 2 is 2.12 bits per heavy atom. The highest BCUT2D eigenvalue weighted by Crippen LogP contribution is 2.27. The molecular weight excluding hydrogens is 336 g/mol. The lowest BCUT2D eigenvalue weighted by Gasteiger charge is -2.29. The van der Waals surface area contributed by atoms with Crippen molar-refractivity contribution in [2.75, 3.05) is 18.1 Å². The van der Waals surface area contributed by atoms with Gasteiger partial charge in [-0.1, -0.05) is 12.1 Å². The zero-order valence-corrected chi connectivity index (χ0v) is 14.4. The molecule has 2 rings (SSSR count). The largest absolute Gasteiger partial charge is 0.474 e. The van der Waals surface area contributed by atoms with E-state index in [-0.39, 0.29) is 34.9 Å². The van der Waals surface area contributed by atoms with E-state index in [4.69, 9.17) is 4.74 Å². The van der Waals surface area contributed by atoms with Gasteiger partial charge in [-0.2, -0.15) is 0 Å². The van der Waals surface area contributed by atoms with Crippen LogP contribution < -0.4 is 4.74 Å². The Balaban J connectivity index is 2.12. The highest BCUT2D eigenvalue weighted by atomic mass is 32.2. The molecule has 0 spiro atoms. The van der Waals surface area contributed by atoms with Crippen LogP contribution in [0.3, 0.4) is 0 Å². The Hall–Kier alpha value is -2.16. The Morgan fingerprint density at radius 3 is 2.67 bits per heavy atom. The van der Waals surface area contributed by atoms with Gasteiger partial charge >= 0.3 is 5.69 Å². The van der Waals surface area contributed by atoms with Gasteiger partial charge in [0.05, 0.1) is 16.4 Å². The van der Waals surface area contributed by atoms with Crippen LogP contribution in [-0.4, -0.2) is 54.3 Å². The molecule has 1 aromatic carbocycles. The molecule has 0 N–H and O–H groups in total. The number of hydrogen-bond acceptors (Lipinski definition) is 6. The van der Waals surface area contributed by atoms with Crippen LogP contribution in [0.25, 0.3) is 0 Å². The Labute approximate surface area is 140 Å². The van der Waals surface area contributed by atoms with Crippen molar-refractivity contribution in [1.82, 2.24) is 4.90 Å². The number of benzene rings is 1.